The average Bonchev–Trinajstić information content (AvgIpc) is 3.19. The molecule has 1 saturated heterocycles. The Balaban J connectivity index is 1.48. The van der Waals surface area contributed by atoms with E-state index in [0.717, 1.165) is 6.08 Å². The maximum absolute atomic E-state index is 13.9. The van der Waals surface area contributed by atoms with Gasteiger partial charge in [-0.15, -0.1) is 0 Å². The van der Waals surface area contributed by atoms with Gasteiger partial charge in [0.1, 0.15) is 5.75 Å². The van der Waals surface area contributed by atoms with Gasteiger partial charge in [-0.3, -0.25) is 19.2 Å². The zero-order chi connectivity index (χ0) is 31.2. The van der Waals surface area contributed by atoms with E-state index in [0.29, 0.717) is 22.6 Å². The van der Waals surface area contributed by atoms with Gasteiger partial charge in [-0.2, -0.15) is 26.3 Å². The minimum absolute atomic E-state index is 0.0360. The summed E-state index contributed by atoms with van der Waals surface area (Å²) in [6.45, 7) is 0. The number of imide groups is 1. The summed E-state index contributed by atoms with van der Waals surface area (Å²) < 4.78 is 81.4. The molecule has 0 spiro atoms. The number of carbonyl (C=O) groups excluding carboxylic acids is 4. The lowest BCUT2D eigenvalue weighted by Gasteiger charge is -2.42. The van der Waals surface area contributed by atoms with E-state index in [1.165, 1.54) is 6.07 Å². The minimum Gasteiger partial charge on any atom is -0.508 e. The summed E-state index contributed by atoms with van der Waals surface area (Å²) in [7, 11) is 0. The van der Waals surface area contributed by atoms with Crippen molar-refractivity contribution in [2.75, 3.05) is 4.90 Å². The maximum atomic E-state index is 13.9. The topological polar surface area (TPSA) is 91.8 Å². The van der Waals surface area contributed by atoms with Crippen molar-refractivity contribution in [2.24, 2.45) is 17.8 Å². The monoisotopic (exact) mass is 665 g/mol. The molecule has 13 heteroatoms. The Morgan fingerprint density at radius 3 is 2.09 bits per heavy atom. The Bertz CT molecular complexity index is 1700. The molecule has 4 atom stereocenters. The van der Waals surface area contributed by atoms with Crippen LogP contribution in [0.2, 0.25) is 0 Å². The third-order valence-corrected chi connectivity index (χ3v) is 9.00. The molecule has 0 saturated carbocycles. The van der Waals surface area contributed by atoms with Gasteiger partial charge < -0.3 is 5.11 Å². The van der Waals surface area contributed by atoms with Crippen LogP contribution in [-0.4, -0.2) is 28.5 Å². The number of anilines is 1. The second-order valence-electron chi connectivity index (χ2n) is 10.7. The van der Waals surface area contributed by atoms with E-state index < -0.39 is 76.2 Å². The fourth-order valence-electron chi connectivity index (χ4n) is 6.62. The molecule has 0 aromatic heterocycles. The van der Waals surface area contributed by atoms with Gasteiger partial charge in [0.25, 0.3) is 0 Å². The minimum atomic E-state index is -5.20. The number of halogens is 7. The second-order valence-corrected chi connectivity index (χ2v) is 11.6. The van der Waals surface area contributed by atoms with E-state index in [1.54, 1.807) is 24.3 Å². The molecule has 0 bridgehead atoms. The van der Waals surface area contributed by atoms with Gasteiger partial charge in [0.2, 0.25) is 11.8 Å². The number of phenols is 1. The van der Waals surface area contributed by atoms with E-state index in [9.17, 15) is 50.6 Å². The number of allylic oxidation sites excluding steroid dienone is 6. The van der Waals surface area contributed by atoms with Crippen molar-refractivity contribution in [1.82, 2.24) is 0 Å². The van der Waals surface area contributed by atoms with Gasteiger partial charge >= 0.3 is 12.4 Å². The number of para-hydroxylation sites is 1. The van der Waals surface area contributed by atoms with E-state index in [2.05, 4.69) is 15.9 Å². The van der Waals surface area contributed by atoms with Gasteiger partial charge in [0.05, 0.1) is 33.1 Å². The van der Waals surface area contributed by atoms with Gasteiger partial charge in [0, 0.05) is 28.7 Å². The number of Topliss-reactive ketones (excluding diaryl/α,β-unsaturated/α-hetero) is 1. The summed E-state index contributed by atoms with van der Waals surface area (Å²) in [4.78, 5) is 54.2. The first-order chi connectivity index (χ1) is 20.1. The van der Waals surface area contributed by atoms with Gasteiger partial charge in [0.15, 0.2) is 11.6 Å². The van der Waals surface area contributed by atoms with Crippen LogP contribution in [0.1, 0.15) is 35.4 Å². The first kappa shape index (κ1) is 29.1. The summed E-state index contributed by atoms with van der Waals surface area (Å²) in [5.41, 5.74) is -3.36. The van der Waals surface area contributed by atoms with Crippen LogP contribution in [0, 0.1) is 17.8 Å². The zero-order valence-electron chi connectivity index (χ0n) is 21.6. The third-order valence-electron chi connectivity index (χ3n) is 8.41. The molecule has 1 fully saturated rings. The van der Waals surface area contributed by atoms with Crippen LogP contribution in [-0.2, 0) is 31.5 Å². The molecule has 2 aromatic rings. The number of carbonyl (C=O) groups is 4. The highest BCUT2D eigenvalue weighted by molar-refractivity contribution is 9.12. The number of benzene rings is 2. The molecule has 4 aliphatic rings. The first-order valence-electron chi connectivity index (χ1n) is 12.9. The molecule has 2 aromatic carbocycles. The number of rotatable bonds is 2. The Morgan fingerprint density at radius 1 is 0.860 bits per heavy atom. The average molecular weight is 666 g/mol. The highest BCUT2D eigenvalue weighted by atomic mass is 79.9. The van der Waals surface area contributed by atoms with Crippen LogP contribution in [0.3, 0.4) is 0 Å². The molecular formula is C30H18BrF6NO5. The molecule has 3 aliphatic carbocycles. The predicted molar refractivity (Wildman–Crippen MR) is 142 cm³/mol. The number of phenolic OH excluding ortho intramolecular Hbond substituents is 1. The molecule has 1 N–H and O–H groups in total. The van der Waals surface area contributed by atoms with E-state index in [-0.39, 0.29) is 45.8 Å². The first-order valence-corrected chi connectivity index (χ1v) is 13.7. The number of alkyl halides is 6. The number of hydrogen-bond donors (Lipinski definition) is 1. The lowest BCUT2D eigenvalue weighted by Crippen LogP contribution is -2.39. The summed E-state index contributed by atoms with van der Waals surface area (Å²) in [6, 6.07) is 6.63. The van der Waals surface area contributed by atoms with E-state index in [1.807, 2.05) is 0 Å². The van der Waals surface area contributed by atoms with Crippen LogP contribution in [0.5, 0.6) is 5.75 Å². The molecule has 43 heavy (non-hydrogen) atoms. The number of amides is 2. The number of fused-ring (bicyclic) bond motifs is 3. The highest BCUT2D eigenvalue weighted by Crippen LogP contribution is 2.56. The molecule has 1 aliphatic heterocycles. The summed E-state index contributed by atoms with van der Waals surface area (Å²) in [5.74, 6) is -7.50. The van der Waals surface area contributed by atoms with E-state index >= 15 is 0 Å². The van der Waals surface area contributed by atoms with Crippen molar-refractivity contribution in [2.45, 2.75) is 31.1 Å². The summed E-state index contributed by atoms with van der Waals surface area (Å²) in [5, 5.41) is 10.7. The number of hydrogen-bond acceptors (Lipinski definition) is 5. The molecule has 6 rings (SSSR count). The van der Waals surface area contributed by atoms with Crippen molar-refractivity contribution in [3.05, 3.63) is 92.5 Å². The number of ketones is 2. The smallest absolute Gasteiger partial charge is 0.416 e. The molecular weight excluding hydrogens is 648 g/mol. The highest BCUT2D eigenvalue weighted by Gasteiger charge is 2.57. The van der Waals surface area contributed by atoms with Crippen molar-refractivity contribution in [3.8, 4) is 5.75 Å². The Morgan fingerprint density at radius 2 is 1.49 bits per heavy atom. The number of aromatic hydroxyl groups is 1. The lowest BCUT2D eigenvalue weighted by molar-refractivity contribution is -0.143. The van der Waals surface area contributed by atoms with Gasteiger partial charge in [-0.05, 0) is 59.0 Å². The lowest BCUT2D eigenvalue weighted by atomic mass is 9.59. The SMILES string of the molecule is O=C1C=C(Br)C(=O)C2=C1[C@@H](c1ccccc1O)C1=CC[C@@H]3C(=O)N(c4cc(C(F)(F)F)cc(C(F)(F)F)c4)C(=O)[C@@H]3[C@@H]1C2. The Labute approximate surface area is 247 Å². The fraction of sp³-hybridized carbons (Fsp3) is 0.267. The molecule has 2 amide bonds. The molecule has 1 heterocycles. The molecule has 222 valence electrons. The summed E-state index contributed by atoms with van der Waals surface area (Å²) >= 11 is 3.08. The largest absolute Gasteiger partial charge is 0.508 e. The Hall–Kier alpha value is -4.00. The van der Waals surface area contributed by atoms with E-state index in [4.69, 9.17) is 0 Å². The van der Waals surface area contributed by atoms with Crippen molar-refractivity contribution < 1.29 is 50.6 Å². The Kier molecular flexibility index (Phi) is 6.60. The normalized spacial score (nSPS) is 25.8. The van der Waals surface area contributed by atoms with Crippen LogP contribution >= 0.6 is 15.9 Å². The van der Waals surface area contributed by atoms with Crippen molar-refractivity contribution in [1.29, 1.82) is 0 Å². The summed E-state index contributed by atoms with van der Waals surface area (Å²) in [6.07, 6.45) is -7.96. The maximum Gasteiger partial charge on any atom is 0.416 e. The fourth-order valence-corrected chi connectivity index (χ4v) is 7.06. The number of nitrogens with zero attached hydrogens (tertiary/aromatic N) is 1. The molecule has 6 nitrogen and oxygen atoms in total. The van der Waals surface area contributed by atoms with Gasteiger partial charge in [-0.25, -0.2) is 4.90 Å². The van der Waals surface area contributed by atoms with Crippen molar-refractivity contribution in [3.63, 3.8) is 0 Å². The third kappa shape index (κ3) is 4.55. The standard InChI is InChI=1S/C30H18BrF6NO5/c31-20-11-22(40)25-19(26(20)41)10-18-15(23(25)16-3-1-2-4-21(16)39)5-6-17-24(18)28(43)38(27(17)42)14-8-12(29(32,33)34)7-13(9-14)30(35,36)37/h1-5,7-9,11,17-18,23-24,39H,6,10H2/t17-,18+,23+,24-/m0/s1. The predicted octanol–water partition coefficient (Wildman–Crippen LogP) is 6.40. The van der Waals surface area contributed by atoms with Crippen LogP contribution < -0.4 is 4.90 Å². The molecule has 0 radical (unpaired) electrons. The second kappa shape index (κ2) is 9.76. The van der Waals surface area contributed by atoms with Crippen LogP contribution in [0.4, 0.5) is 32.0 Å². The zero-order valence-corrected chi connectivity index (χ0v) is 23.2. The quantitative estimate of drug-likeness (QED) is 0.174. The van der Waals surface area contributed by atoms with Crippen LogP contribution in [0.25, 0.3) is 0 Å². The molecule has 0 unspecified atom stereocenters. The van der Waals surface area contributed by atoms with Crippen molar-refractivity contribution >= 4 is 45.0 Å². The van der Waals surface area contributed by atoms with Crippen LogP contribution in [0.15, 0.2) is 75.8 Å². The van der Waals surface area contributed by atoms with Gasteiger partial charge in [-0.1, -0.05) is 29.8 Å².